The van der Waals surface area contributed by atoms with Crippen LogP contribution < -0.4 is 10.0 Å². The molecule has 0 fully saturated rings. The summed E-state index contributed by atoms with van der Waals surface area (Å²) < 4.78 is 30.2. The predicted molar refractivity (Wildman–Crippen MR) is 88.1 cm³/mol. The van der Waals surface area contributed by atoms with Crippen LogP contribution in [0.3, 0.4) is 0 Å². The Hall–Kier alpha value is -1.97. The fourth-order valence-electron chi connectivity index (χ4n) is 1.95. The second-order valence-corrected chi connectivity index (χ2v) is 7.02. The Morgan fingerprint density at radius 3 is 2.50 bits per heavy atom. The Bertz CT molecular complexity index is 633. The van der Waals surface area contributed by atoms with Crippen LogP contribution in [0.1, 0.15) is 17.9 Å². The van der Waals surface area contributed by atoms with Crippen LogP contribution in [-0.2, 0) is 24.3 Å². The van der Waals surface area contributed by atoms with Crippen LogP contribution >= 0.6 is 0 Å². The van der Waals surface area contributed by atoms with Crippen LogP contribution in [-0.4, -0.2) is 58.0 Å². The molecule has 0 radical (unpaired) electrons. The maximum Gasteiger partial charge on any atom is 0.312 e. The monoisotopic (exact) mass is 358 g/mol. The van der Waals surface area contributed by atoms with Crippen molar-refractivity contribution in [3.63, 3.8) is 0 Å². The van der Waals surface area contributed by atoms with Gasteiger partial charge in [-0.1, -0.05) is 30.3 Å². The number of ether oxygens (including phenoxy) is 1. The number of carboxylic acids is 1. The normalized spacial score (nSPS) is 12.5. The quantitative estimate of drug-likeness (QED) is 0.476. The van der Waals surface area contributed by atoms with Crippen molar-refractivity contribution in [2.45, 2.75) is 12.3 Å². The number of hydrogen-bond acceptors (Lipinski definition) is 5. The minimum Gasteiger partial charge on any atom is -0.481 e. The van der Waals surface area contributed by atoms with E-state index in [0.29, 0.717) is 18.6 Å². The van der Waals surface area contributed by atoms with Crippen molar-refractivity contribution in [1.29, 1.82) is 0 Å². The van der Waals surface area contributed by atoms with E-state index < -0.39 is 34.4 Å². The Labute approximate surface area is 141 Å². The highest BCUT2D eigenvalue weighted by Crippen LogP contribution is 2.14. The summed E-state index contributed by atoms with van der Waals surface area (Å²) in [5.74, 6) is -2.70. The number of amides is 1. The number of hydrogen-bond donors (Lipinski definition) is 3. The smallest absolute Gasteiger partial charge is 0.312 e. The van der Waals surface area contributed by atoms with Crippen LogP contribution in [0.2, 0.25) is 0 Å². The lowest BCUT2D eigenvalue weighted by Gasteiger charge is -2.14. The number of sulfonamides is 1. The van der Waals surface area contributed by atoms with Crippen molar-refractivity contribution in [2.24, 2.45) is 0 Å². The van der Waals surface area contributed by atoms with Gasteiger partial charge in [0, 0.05) is 20.3 Å². The standard InChI is InChI=1S/C15H22N2O6S/c1-23-8-5-9-24(21,22)17-11-14(18)16-10-13(15(19)20)12-6-3-2-4-7-12/h2-4,6-7,13,17H,5,8-11H2,1H3,(H,16,18)(H,19,20). The third-order valence-electron chi connectivity index (χ3n) is 3.22. The number of carboxylic acid groups (broad SMARTS) is 1. The third-order valence-corrected chi connectivity index (χ3v) is 4.63. The van der Waals surface area contributed by atoms with E-state index in [2.05, 4.69) is 10.0 Å². The molecule has 1 aromatic rings. The van der Waals surface area contributed by atoms with Gasteiger partial charge in [0.1, 0.15) is 0 Å². The first kappa shape index (κ1) is 20.1. The van der Waals surface area contributed by atoms with Gasteiger partial charge in [-0.25, -0.2) is 13.1 Å². The van der Waals surface area contributed by atoms with E-state index >= 15 is 0 Å². The molecule has 0 aliphatic rings. The topological polar surface area (TPSA) is 122 Å². The molecule has 1 unspecified atom stereocenters. The molecule has 0 spiro atoms. The molecular formula is C15H22N2O6S. The molecule has 8 nitrogen and oxygen atoms in total. The van der Waals surface area contributed by atoms with Crippen molar-refractivity contribution in [3.05, 3.63) is 35.9 Å². The summed E-state index contributed by atoms with van der Waals surface area (Å²) in [5, 5.41) is 11.7. The molecule has 134 valence electrons. The average molecular weight is 358 g/mol. The molecule has 1 rings (SSSR count). The number of carbonyl (C=O) groups excluding carboxylic acids is 1. The summed E-state index contributed by atoms with van der Waals surface area (Å²) in [4.78, 5) is 23.0. The van der Waals surface area contributed by atoms with Gasteiger partial charge in [-0.3, -0.25) is 9.59 Å². The number of carbonyl (C=O) groups is 2. The minimum absolute atomic E-state index is 0.121. The molecule has 1 aromatic carbocycles. The third kappa shape index (κ3) is 7.53. The second kappa shape index (κ2) is 10.0. The Balaban J connectivity index is 2.45. The van der Waals surface area contributed by atoms with Gasteiger partial charge in [-0.2, -0.15) is 0 Å². The summed E-state index contributed by atoms with van der Waals surface area (Å²) in [6.07, 6.45) is 0.322. The highest BCUT2D eigenvalue weighted by molar-refractivity contribution is 7.89. The lowest BCUT2D eigenvalue weighted by atomic mass is 9.99. The first-order valence-corrected chi connectivity index (χ1v) is 9.01. The summed E-state index contributed by atoms with van der Waals surface area (Å²) in [6, 6.07) is 8.49. The minimum atomic E-state index is -3.56. The molecule has 0 heterocycles. The average Bonchev–Trinajstić information content (AvgIpc) is 2.54. The van der Waals surface area contributed by atoms with Crippen molar-refractivity contribution in [1.82, 2.24) is 10.0 Å². The molecule has 0 saturated heterocycles. The lowest BCUT2D eigenvalue weighted by Crippen LogP contribution is -2.40. The first-order chi connectivity index (χ1) is 11.4. The molecule has 24 heavy (non-hydrogen) atoms. The maximum atomic E-state index is 11.7. The zero-order valence-corrected chi connectivity index (χ0v) is 14.2. The first-order valence-electron chi connectivity index (χ1n) is 7.36. The van der Waals surface area contributed by atoms with Gasteiger partial charge < -0.3 is 15.2 Å². The van der Waals surface area contributed by atoms with Crippen molar-refractivity contribution in [3.8, 4) is 0 Å². The van der Waals surface area contributed by atoms with E-state index in [9.17, 15) is 23.1 Å². The second-order valence-electron chi connectivity index (χ2n) is 5.09. The predicted octanol–water partition coefficient (Wildman–Crippen LogP) is -0.0731. The number of benzene rings is 1. The number of aliphatic carboxylic acids is 1. The SMILES string of the molecule is COCCCS(=O)(=O)NCC(=O)NCC(C(=O)O)c1ccccc1. The molecule has 0 bridgehead atoms. The Kier molecular flexibility index (Phi) is 8.37. The summed E-state index contributed by atoms with van der Waals surface area (Å²) in [5.41, 5.74) is 0.561. The number of rotatable bonds is 11. The Morgan fingerprint density at radius 2 is 1.92 bits per heavy atom. The summed E-state index contributed by atoms with van der Waals surface area (Å²) in [7, 11) is -2.09. The molecule has 9 heteroatoms. The number of nitrogens with one attached hydrogen (secondary N) is 2. The van der Waals surface area contributed by atoms with Gasteiger partial charge in [0.25, 0.3) is 0 Å². The van der Waals surface area contributed by atoms with E-state index in [1.807, 2.05) is 0 Å². The van der Waals surface area contributed by atoms with Gasteiger partial charge >= 0.3 is 5.97 Å². The van der Waals surface area contributed by atoms with E-state index in [1.165, 1.54) is 7.11 Å². The molecular weight excluding hydrogens is 336 g/mol. The van der Waals surface area contributed by atoms with Crippen LogP contribution in [0, 0.1) is 0 Å². The molecule has 0 aliphatic carbocycles. The maximum absolute atomic E-state index is 11.7. The molecule has 1 amide bonds. The largest absolute Gasteiger partial charge is 0.481 e. The molecule has 0 aliphatic heterocycles. The molecule has 0 aromatic heterocycles. The van der Waals surface area contributed by atoms with E-state index in [4.69, 9.17) is 4.74 Å². The van der Waals surface area contributed by atoms with Gasteiger partial charge in [0.05, 0.1) is 18.2 Å². The van der Waals surface area contributed by atoms with Gasteiger partial charge in [0.2, 0.25) is 15.9 Å². The lowest BCUT2D eigenvalue weighted by molar-refractivity contribution is -0.138. The van der Waals surface area contributed by atoms with E-state index in [1.54, 1.807) is 30.3 Å². The fraction of sp³-hybridized carbons (Fsp3) is 0.467. The van der Waals surface area contributed by atoms with E-state index in [0.717, 1.165) is 0 Å². The highest BCUT2D eigenvalue weighted by Gasteiger charge is 2.20. The molecule has 0 saturated carbocycles. The van der Waals surface area contributed by atoms with Crippen LogP contribution in [0.25, 0.3) is 0 Å². The number of methoxy groups -OCH3 is 1. The van der Waals surface area contributed by atoms with Crippen LogP contribution in [0.4, 0.5) is 0 Å². The zero-order chi connectivity index (χ0) is 18.0. The van der Waals surface area contributed by atoms with Crippen molar-refractivity contribution >= 4 is 21.9 Å². The van der Waals surface area contributed by atoms with Gasteiger partial charge in [-0.15, -0.1) is 0 Å². The van der Waals surface area contributed by atoms with Gasteiger partial charge in [-0.05, 0) is 12.0 Å². The van der Waals surface area contributed by atoms with Crippen molar-refractivity contribution in [2.75, 3.05) is 32.6 Å². The fourth-order valence-corrected chi connectivity index (χ4v) is 2.95. The summed E-state index contributed by atoms with van der Waals surface area (Å²) >= 11 is 0. The highest BCUT2D eigenvalue weighted by atomic mass is 32.2. The Morgan fingerprint density at radius 1 is 1.25 bits per heavy atom. The molecule has 1 atom stereocenters. The molecule has 3 N–H and O–H groups in total. The van der Waals surface area contributed by atoms with Crippen LogP contribution in [0.15, 0.2) is 30.3 Å². The van der Waals surface area contributed by atoms with E-state index in [-0.39, 0.29) is 12.3 Å². The van der Waals surface area contributed by atoms with Gasteiger partial charge in [0.15, 0.2) is 0 Å². The van der Waals surface area contributed by atoms with Crippen LogP contribution in [0.5, 0.6) is 0 Å². The summed E-state index contributed by atoms with van der Waals surface area (Å²) in [6.45, 7) is -0.246. The van der Waals surface area contributed by atoms with Crippen molar-refractivity contribution < 1.29 is 27.9 Å². The zero-order valence-electron chi connectivity index (χ0n) is 13.4.